The van der Waals surface area contributed by atoms with E-state index in [-0.39, 0.29) is 23.3 Å². The van der Waals surface area contributed by atoms with Crippen LogP contribution >= 0.6 is 11.6 Å². The number of methoxy groups -OCH3 is 1. The van der Waals surface area contributed by atoms with E-state index in [9.17, 15) is 13.8 Å². The van der Waals surface area contributed by atoms with Gasteiger partial charge in [-0.2, -0.15) is 0 Å². The first-order chi connectivity index (χ1) is 25.5. The number of hydrogen-bond donors (Lipinski definition) is 1. The topological polar surface area (TPSA) is 107 Å². The van der Waals surface area contributed by atoms with Crippen molar-refractivity contribution in [3.63, 3.8) is 0 Å². The number of ether oxygens (including phenoxy) is 3. The highest BCUT2D eigenvalue weighted by atomic mass is 35.5. The van der Waals surface area contributed by atoms with Crippen LogP contribution in [-0.4, -0.2) is 48.3 Å². The SMILES string of the molecule is C=CC[C@H](C)C[S@](=O)(=NC(=O)c1ccc2c(c1)N(C[C@@H]1CC[C@H]1[C@H](C=C)OC)Cc1ccc(Cl)cc1CCCCO2)NC(=O)O[C@@H](C)c1ccccc1. The predicted molar refractivity (Wildman–Crippen MR) is 213 cm³/mol. The van der Waals surface area contributed by atoms with Gasteiger partial charge in [-0.1, -0.05) is 67.1 Å². The number of nitrogens with one attached hydrogen (secondary N) is 1. The Labute approximate surface area is 320 Å². The normalized spacial score (nSPS) is 19.9. The van der Waals surface area contributed by atoms with Crippen LogP contribution in [0, 0.1) is 17.8 Å². The number of rotatable bonds is 13. The van der Waals surface area contributed by atoms with Crippen molar-refractivity contribution in [2.75, 3.05) is 30.9 Å². The van der Waals surface area contributed by atoms with Crippen LogP contribution in [0.3, 0.4) is 0 Å². The number of allylic oxidation sites excluding steroid dienone is 1. The zero-order valence-electron chi connectivity index (χ0n) is 31.0. The lowest BCUT2D eigenvalue weighted by molar-refractivity contribution is 0.0137. The van der Waals surface area contributed by atoms with Crippen LogP contribution in [0.4, 0.5) is 10.5 Å². The van der Waals surface area contributed by atoms with Gasteiger partial charge in [0.25, 0.3) is 5.91 Å². The lowest BCUT2D eigenvalue weighted by Crippen LogP contribution is -2.43. The van der Waals surface area contributed by atoms with Gasteiger partial charge in [-0.15, -0.1) is 17.5 Å². The van der Waals surface area contributed by atoms with Crippen molar-refractivity contribution in [1.29, 1.82) is 0 Å². The number of nitrogens with zero attached hydrogens (tertiary/aromatic N) is 2. The van der Waals surface area contributed by atoms with Crippen LogP contribution in [0.5, 0.6) is 5.75 Å². The maximum absolute atomic E-state index is 14.4. The molecule has 2 aliphatic rings. The van der Waals surface area contributed by atoms with E-state index in [2.05, 4.69) is 33.2 Å². The Kier molecular flexibility index (Phi) is 14.2. The van der Waals surface area contributed by atoms with Gasteiger partial charge in [0.05, 0.1) is 24.2 Å². The van der Waals surface area contributed by atoms with E-state index in [1.807, 2.05) is 55.5 Å². The summed E-state index contributed by atoms with van der Waals surface area (Å²) < 4.78 is 38.8. The molecule has 1 heterocycles. The molecule has 0 spiro atoms. The number of amides is 2. The van der Waals surface area contributed by atoms with Crippen LogP contribution < -0.4 is 14.4 Å². The second kappa shape index (κ2) is 18.8. The maximum Gasteiger partial charge on any atom is 0.420 e. The van der Waals surface area contributed by atoms with Gasteiger partial charge in [-0.05, 0) is 110 Å². The van der Waals surface area contributed by atoms with Crippen LogP contribution in [0.1, 0.15) is 79.1 Å². The molecule has 0 unspecified atom stereocenters. The predicted octanol–water partition coefficient (Wildman–Crippen LogP) is 9.51. The maximum atomic E-state index is 14.4. The van der Waals surface area contributed by atoms with Gasteiger partial charge >= 0.3 is 6.09 Å². The zero-order valence-corrected chi connectivity index (χ0v) is 32.6. The summed E-state index contributed by atoms with van der Waals surface area (Å²) in [5.41, 5.74) is 4.08. The second-order valence-corrected chi connectivity index (χ2v) is 16.5. The van der Waals surface area contributed by atoms with Crippen molar-refractivity contribution in [1.82, 2.24) is 4.72 Å². The van der Waals surface area contributed by atoms with Gasteiger partial charge in [-0.25, -0.2) is 13.7 Å². The molecule has 1 fully saturated rings. The summed E-state index contributed by atoms with van der Waals surface area (Å²) in [5, 5.41) is 0.697. The minimum absolute atomic E-state index is 0.0577. The van der Waals surface area contributed by atoms with Crippen molar-refractivity contribution < 1.29 is 28.0 Å². The Balaban J connectivity index is 1.51. The number of carbonyl (C=O) groups is 2. The molecule has 1 aliphatic heterocycles. The highest BCUT2D eigenvalue weighted by Gasteiger charge is 2.37. The van der Waals surface area contributed by atoms with E-state index in [1.165, 1.54) is 5.56 Å². The molecule has 1 N–H and O–H groups in total. The van der Waals surface area contributed by atoms with E-state index < -0.39 is 28.0 Å². The average molecular weight is 762 g/mol. The summed E-state index contributed by atoms with van der Waals surface area (Å²) in [6.07, 6.45) is 7.24. The number of benzene rings is 3. The average Bonchev–Trinajstić information content (AvgIpc) is 3.15. The molecule has 0 bridgehead atoms. The van der Waals surface area contributed by atoms with E-state index in [0.29, 0.717) is 48.7 Å². The number of anilines is 1. The molecule has 2 amide bonds. The summed E-state index contributed by atoms with van der Waals surface area (Å²) in [5.74, 6) is 0.311. The fourth-order valence-electron chi connectivity index (χ4n) is 7.17. The molecule has 284 valence electrons. The highest BCUT2D eigenvalue weighted by molar-refractivity contribution is 7.92. The fourth-order valence-corrected chi connectivity index (χ4v) is 9.16. The molecule has 9 nitrogen and oxygen atoms in total. The first-order valence-corrected chi connectivity index (χ1v) is 20.5. The molecule has 11 heteroatoms. The molecule has 3 aromatic carbocycles. The van der Waals surface area contributed by atoms with Crippen molar-refractivity contribution in [2.24, 2.45) is 22.1 Å². The Morgan fingerprint density at radius 3 is 2.57 bits per heavy atom. The first kappa shape index (κ1) is 40.1. The van der Waals surface area contributed by atoms with Crippen LogP contribution in [0.25, 0.3) is 0 Å². The summed E-state index contributed by atoms with van der Waals surface area (Å²) in [7, 11) is -1.89. The van der Waals surface area contributed by atoms with E-state index in [1.54, 1.807) is 38.3 Å². The number of hydrogen-bond acceptors (Lipinski definition) is 7. The summed E-state index contributed by atoms with van der Waals surface area (Å²) in [4.78, 5) is 29.4. The summed E-state index contributed by atoms with van der Waals surface area (Å²) in [6, 6.07) is 20.5. The second-order valence-electron chi connectivity index (χ2n) is 14.1. The number of aryl methyl sites for hydroxylation is 1. The third kappa shape index (κ3) is 10.7. The molecule has 0 radical (unpaired) electrons. The summed E-state index contributed by atoms with van der Waals surface area (Å²) >= 11 is 6.46. The Morgan fingerprint density at radius 2 is 1.87 bits per heavy atom. The minimum atomic E-state index is -3.61. The standard InChI is InChI=1S/C42H52ClN3O6S/c1-6-13-29(3)28-53(49,45-42(48)52-30(4)31-14-9-8-10-15-31)44-41(47)33-19-22-40-38(25-33)46(27-35-18-21-37(35)39(7-2)50-5)26-34-17-20-36(43)24-32(34)16-11-12-23-51-40/h6-10,14-15,17,19-20,22,24-25,29-30,35,37,39H,1-2,11-13,16,18,21,23,26-28H2,3-5H3,(H,44,45,47,48,49)/t29-,30-,35-,37+,39-,53-/m0/s1. The molecule has 0 saturated heterocycles. The monoisotopic (exact) mass is 761 g/mol. The van der Waals surface area contributed by atoms with Gasteiger partial charge in [0.1, 0.15) is 21.8 Å². The van der Waals surface area contributed by atoms with Gasteiger partial charge in [0.2, 0.25) is 0 Å². The highest BCUT2D eigenvalue weighted by Crippen LogP contribution is 2.42. The Morgan fingerprint density at radius 1 is 1.08 bits per heavy atom. The van der Waals surface area contributed by atoms with Crippen molar-refractivity contribution in [2.45, 2.75) is 71.1 Å². The molecule has 53 heavy (non-hydrogen) atoms. The van der Waals surface area contributed by atoms with Crippen molar-refractivity contribution in [3.8, 4) is 5.75 Å². The molecule has 0 aromatic heterocycles. The summed E-state index contributed by atoms with van der Waals surface area (Å²) in [6.45, 7) is 13.1. The van der Waals surface area contributed by atoms with Gasteiger partial charge < -0.3 is 19.1 Å². The third-order valence-corrected chi connectivity index (χ3v) is 12.3. The number of halogens is 1. The van der Waals surface area contributed by atoms with Crippen LogP contribution in [0.15, 0.2) is 96.4 Å². The Bertz CT molecular complexity index is 1880. The molecule has 3 aromatic rings. The van der Waals surface area contributed by atoms with Crippen molar-refractivity contribution in [3.05, 3.63) is 119 Å². The van der Waals surface area contributed by atoms with Crippen molar-refractivity contribution >= 4 is 39.2 Å². The van der Waals surface area contributed by atoms with Gasteiger partial charge in [0, 0.05) is 30.8 Å². The molecule has 5 rings (SSSR count). The quantitative estimate of drug-likeness (QED) is 0.173. The first-order valence-electron chi connectivity index (χ1n) is 18.4. The van der Waals surface area contributed by atoms with E-state index in [4.69, 9.17) is 25.8 Å². The smallest absolute Gasteiger partial charge is 0.420 e. The molecular weight excluding hydrogens is 710 g/mol. The number of fused-ring (bicyclic) bond motifs is 2. The van der Waals surface area contributed by atoms with Gasteiger partial charge in [0.15, 0.2) is 0 Å². The molecule has 1 aliphatic carbocycles. The van der Waals surface area contributed by atoms with E-state index in [0.717, 1.165) is 48.9 Å². The zero-order chi connectivity index (χ0) is 38.0. The largest absolute Gasteiger partial charge is 0.491 e. The number of carbonyl (C=O) groups excluding carboxylic acids is 2. The third-order valence-electron chi connectivity index (χ3n) is 10.1. The van der Waals surface area contributed by atoms with Gasteiger partial charge in [-0.3, -0.25) is 4.79 Å². The lowest BCUT2D eigenvalue weighted by Gasteiger charge is -2.43. The van der Waals surface area contributed by atoms with E-state index >= 15 is 0 Å². The molecular formula is C42H52ClN3O6S. The fraction of sp³-hybridized carbons (Fsp3) is 0.429. The minimum Gasteiger partial charge on any atom is -0.491 e. The van der Waals surface area contributed by atoms with Crippen LogP contribution in [0.2, 0.25) is 5.02 Å². The molecule has 6 atom stereocenters. The lowest BCUT2D eigenvalue weighted by atomic mass is 9.70. The molecule has 1 saturated carbocycles. The van der Waals surface area contributed by atoms with Crippen LogP contribution in [-0.2, 0) is 32.4 Å². The Hall–Kier alpha value is -4.12.